The van der Waals surface area contributed by atoms with Gasteiger partial charge in [0.05, 0.1) is 11.0 Å². The normalized spacial score (nSPS) is 19.1. The monoisotopic (exact) mass is 498 g/mol. The Bertz CT molecular complexity index is 1060. The van der Waals surface area contributed by atoms with Gasteiger partial charge in [0.25, 0.3) is 17.1 Å². The number of thioether (sulfide) groups is 2. The van der Waals surface area contributed by atoms with Crippen molar-refractivity contribution in [1.82, 2.24) is 10.2 Å². The molecule has 2 aromatic rings. The summed E-state index contributed by atoms with van der Waals surface area (Å²) < 4.78 is 11.3. The maximum atomic E-state index is 12.7. The molecule has 2 saturated heterocycles. The highest BCUT2D eigenvalue weighted by molar-refractivity contribution is 8.18. The number of nitrogens with zero attached hydrogens (tertiary/aromatic N) is 1. The summed E-state index contributed by atoms with van der Waals surface area (Å²) in [7, 11) is 0. The van der Waals surface area contributed by atoms with Crippen LogP contribution in [0.25, 0.3) is 6.08 Å². The first-order valence-electron chi connectivity index (χ1n) is 11.1. The van der Waals surface area contributed by atoms with E-state index in [1.54, 1.807) is 42.1 Å². The molecule has 7 nitrogen and oxygen atoms in total. The molecule has 0 spiro atoms. The summed E-state index contributed by atoms with van der Waals surface area (Å²) >= 11 is 2.55. The molecule has 0 aromatic heterocycles. The van der Waals surface area contributed by atoms with Crippen molar-refractivity contribution in [3.05, 3.63) is 64.6 Å². The van der Waals surface area contributed by atoms with Crippen LogP contribution in [0.4, 0.5) is 4.79 Å². The molecule has 1 atom stereocenters. The van der Waals surface area contributed by atoms with Gasteiger partial charge in [0.1, 0.15) is 12.4 Å². The van der Waals surface area contributed by atoms with E-state index in [2.05, 4.69) is 5.32 Å². The highest BCUT2D eigenvalue weighted by Gasteiger charge is 2.34. The van der Waals surface area contributed by atoms with E-state index < -0.39 is 0 Å². The molecule has 2 heterocycles. The Balaban J connectivity index is 1.25. The molecule has 2 fully saturated rings. The van der Waals surface area contributed by atoms with Crippen LogP contribution in [-0.2, 0) is 9.53 Å². The van der Waals surface area contributed by atoms with Crippen molar-refractivity contribution in [3.8, 4) is 5.75 Å². The maximum absolute atomic E-state index is 12.7. The van der Waals surface area contributed by atoms with Crippen molar-refractivity contribution in [3.63, 3.8) is 0 Å². The summed E-state index contributed by atoms with van der Waals surface area (Å²) in [5, 5.41) is 2.43. The van der Waals surface area contributed by atoms with Gasteiger partial charge in [-0.15, -0.1) is 11.8 Å². The molecule has 4 rings (SSSR count). The third kappa shape index (κ3) is 6.22. The Morgan fingerprint density at radius 1 is 1.21 bits per heavy atom. The number of ether oxygens (including phenoxy) is 2. The number of hydrogen-bond donors (Lipinski definition) is 1. The van der Waals surface area contributed by atoms with Gasteiger partial charge >= 0.3 is 0 Å². The molecule has 0 unspecified atom stereocenters. The largest absolute Gasteiger partial charge is 0.491 e. The Morgan fingerprint density at radius 3 is 2.65 bits per heavy atom. The minimum absolute atomic E-state index is 0.113. The molecule has 34 heavy (non-hydrogen) atoms. The fourth-order valence-electron chi connectivity index (χ4n) is 3.60. The maximum Gasteiger partial charge on any atom is 0.293 e. The van der Waals surface area contributed by atoms with Crippen LogP contribution in [0.2, 0.25) is 0 Å². The summed E-state index contributed by atoms with van der Waals surface area (Å²) in [5.41, 5.74) is 1.34. The number of carbonyl (C=O) groups is 3. The van der Waals surface area contributed by atoms with Crippen LogP contribution >= 0.6 is 23.5 Å². The molecular formula is C25H26N2O5S2. The summed E-state index contributed by atoms with van der Waals surface area (Å²) in [4.78, 5) is 40.1. The van der Waals surface area contributed by atoms with Gasteiger partial charge in [-0.3, -0.25) is 19.3 Å². The van der Waals surface area contributed by atoms with Crippen molar-refractivity contribution in [2.24, 2.45) is 0 Å². The van der Waals surface area contributed by atoms with Gasteiger partial charge in [-0.25, -0.2) is 0 Å². The average Bonchev–Trinajstić information content (AvgIpc) is 3.47. The molecule has 0 aliphatic carbocycles. The van der Waals surface area contributed by atoms with Gasteiger partial charge < -0.3 is 14.8 Å². The van der Waals surface area contributed by atoms with Crippen LogP contribution in [0.1, 0.15) is 28.8 Å². The van der Waals surface area contributed by atoms with E-state index in [0.29, 0.717) is 22.8 Å². The van der Waals surface area contributed by atoms with Gasteiger partial charge in [0, 0.05) is 30.2 Å². The van der Waals surface area contributed by atoms with Crippen LogP contribution in [0, 0.1) is 0 Å². The van der Waals surface area contributed by atoms with E-state index in [4.69, 9.17) is 9.47 Å². The smallest absolute Gasteiger partial charge is 0.293 e. The van der Waals surface area contributed by atoms with Gasteiger partial charge in [-0.1, -0.05) is 12.1 Å². The number of rotatable bonds is 9. The van der Waals surface area contributed by atoms with Crippen LogP contribution < -0.4 is 10.1 Å². The molecule has 9 heteroatoms. The molecule has 178 valence electrons. The zero-order chi connectivity index (χ0) is 23.9. The molecule has 2 aliphatic heterocycles. The molecule has 3 amide bonds. The van der Waals surface area contributed by atoms with E-state index in [1.165, 1.54) is 0 Å². The second-order valence-corrected chi connectivity index (χ2v) is 9.71. The van der Waals surface area contributed by atoms with E-state index in [1.807, 2.05) is 30.5 Å². The zero-order valence-corrected chi connectivity index (χ0v) is 20.5. The van der Waals surface area contributed by atoms with Crippen molar-refractivity contribution in [2.75, 3.05) is 32.6 Å². The highest BCUT2D eigenvalue weighted by Crippen LogP contribution is 2.32. The second-order valence-electron chi connectivity index (χ2n) is 7.83. The standard InChI is InChI=1S/C25H26N2O5S2/c1-33-21-10-4-17(5-11-21)15-22-24(29)27(25(30)34-22)13-12-26-23(28)18-6-8-19(9-7-18)32-16-20-3-2-14-31-20/h4-11,15,20H,2-3,12-14,16H2,1H3,(H,26,28)/b22-15+/t20-/m1/s1. The fraction of sp³-hybridized carbons (Fsp3) is 0.320. The van der Waals surface area contributed by atoms with E-state index in [-0.39, 0.29) is 36.2 Å². The predicted octanol–water partition coefficient (Wildman–Crippen LogP) is 4.43. The van der Waals surface area contributed by atoms with Crippen LogP contribution in [0.3, 0.4) is 0 Å². The number of nitrogens with one attached hydrogen (secondary N) is 1. The van der Waals surface area contributed by atoms with Crippen molar-refractivity contribution in [1.29, 1.82) is 0 Å². The number of imide groups is 1. The minimum Gasteiger partial charge on any atom is -0.491 e. The lowest BCUT2D eigenvalue weighted by atomic mass is 10.2. The van der Waals surface area contributed by atoms with E-state index >= 15 is 0 Å². The van der Waals surface area contributed by atoms with Gasteiger partial charge in [-0.05, 0) is 78.9 Å². The quantitative estimate of drug-likeness (QED) is 0.404. The number of amides is 3. The topological polar surface area (TPSA) is 84.9 Å². The SMILES string of the molecule is CSc1ccc(/C=C2/SC(=O)N(CCNC(=O)c3ccc(OC[C@H]4CCCO4)cc3)C2=O)cc1. The van der Waals surface area contributed by atoms with Crippen LogP contribution in [-0.4, -0.2) is 60.6 Å². The summed E-state index contributed by atoms with van der Waals surface area (Å²) in [6, 6.07) is 14.6. The molecule has 0 radical (unpaired) electrons. The third-order valence-electron chi connectivity index (χ3n) is 5.48. The number of carbonyl (C=O) groups excluding carboxylic acids is 3. The minimum atomic E-state index is -0.342. The Labute approximate surface area is 207 Å². The Hall–Kier alpha value is -2.75. The summed E-state index contributed by atoms with van der Waals surface area (Å²) in [6.07, 6.45) is 5.91. The summed E-state index contributed by atoms with van der Waals surface area (Å²) in [6.45, 7) is 1.57. The van der Waals surface area contributed by atoms with Crippen LogP contribution in [0.5, 0.6) is 5.75 Å². The van der Waals surface area contributed by atoms with Crippen molar-refractivity contribution in [2.45, 2.75) is 23.8 Å². The van der Waals surface area contributed by atoms with Gasteiger partial charge in [-0.2, -0.15) is 0 Å². The predicted molar refractivity (Wildman–Crippen MR) is 134 cm³/mol. The lowest BCUT2D eigenvalue weighted by Gasteiger charge is -2.13. The van der Waals surface area contributed by atoms with Gasteiger partial charge in [0.2, 0.25) is 0 Å². The van der Waals surface area contributed by atoms with Crippen LogP contribution in [0.15, 0.2) is 58.3 Å². The Kier molecular flexibility index (Phi) is 8.31. The molecule has 1 N–H and O–H groups in total. The zero-order valence-electron chi connectivity index (χ0n) is 18.8. The molecule has 0 bridgehead atoms. The number of benzene rings is 2. The first kappa shape index (κ1) is 24.4. The molecule has 2 aromatic carbocycles. The second kappa shape index (κ2) is 11.6. The van der Waals surface area contributed by atoms with Crippen molar-refractivity contribution >= 4 is 46.7 Å². The Morgan fingerprint density at radius 2 is 1.97 bits per heavy atom. The highest BCUT2D eigenvalue weighted by atomic mass is 32.2. The first-order valence-corrected chi connectivity index (χ1v) is 13.1. The van der Waals surface area contributed by atoms with E-state index in [0.717, 1.165) is 46.6 Å². The van der Waals surface area contributed by atoms with E-state index in [9.17, 15) is 14.4 Å². The lowest BCUT2D eigenvalue weighted by molar-refractivity contribution is -0.122. The molecule has 0 saturated carbocycles. The average molecular weight is 499 g/mol. The summed E-state index contributed by atoms with van der Waals surface area (Å²) in [5.74, 6) is 0.0627. The van der Waals surface area contributed by atoms with Gasteiger partial charge in [0.15, 0.2) is 0 Å². The first-order chi connectivity index (χ1) is 16.5. The fourth-order valence-corrected chi connectivity index (χ4v) is 4.87. The molecule has 2 aliphatic rings. The van der Waals surface area contributed by atoms with Crippen molar-refractivity contribution < 1.29 is 23.9 Å². The lowest BCUT2D eigenvalue weighted by Crippen LogP contribution is -2.37. The number of hydrogen-bond acceptors (Lipinski definition) is 7. The third-order valence-corrected chi connectivity index (χ3v) is 7.14. The molecular weight excluding hydrogens is 472 g/mol.